The molecule has 0 aromatic heterocycles. The van der Waals surface area contributed by atoms with Gasteiger partial charge in [-0.3, -0.25) is 9.59 Å². The number of hydrogen-bond donors (Lipinski definition) is 0. The second-order valence-electron chi connectivity index (χ2n) is 12.3. The summed E-state index contributed by atoms with van der Waals surface area (Å²) in [5, 5.41) is 0. The molecule has 0 unspecified atom stereocenters. The van der Waals surface area contributed by atoms with Gasteiger partial charge in [-0.15, -0.1) is 0 Å². The topological polar surface area (TPSA) is 61.8 Å². The van der Waals surface area contributed by atoms with E-state index >= 15 is 0 Å². The molecule has 5 nitrogen and oxygen atoms in total. The van der Waals surface area contributed by atoms with E-state index < -0.39 is 5.41 Å². The predicted octanol–water partition coefficient (Wildman–Crippen LogP) is 9.23. The first-order valence-corrected chi connectivity index (χ1v) is 15.7. The lowest BCUT2D eigenvalue weighted by Gasteiger charge is -2.30. The van der Waals surface area contributed by atoms with Crippen molar-refractivity contribution in [3.05, 3.63) is 29.3 Å². The van der Waals surface area contributed by atoms with Crippen molar-refractivity contribution < 1.29 is 23.8 Å². The SMILES string of the molecule is CCCCCCOC(=O)CCCC(C)(C)c1ccc(C(C)(C)CC(=O)OCCCCCC)c(OCCCC)c1. The summed E-state index contributed by atoms with van der Waals surface area (Å²) in [7, 11) is 0. The number of ether oxygens (including phenoxy) is 3. The molecule has 0 radical (unpaired) electrons. The maximum Gasteiger partial charge on any atom is 0.306 e. The Kier molecular flexibility index (Phi) is 17.1. The molecule has 0 saturated heterocycles. The maximum absolute atomic E-state index is 12.6. The summed E-state index contributed by atoms with van der Waals surface area (Å²) in [6.45, 7) is 16.8. The Hall–Kier alpha value is -2.04. The molecule has 1 aromatic rings. The van der Waals surface area contributed by atoms with Crippen LogP contribution in [0.1, 0.15) is 149 Å². The monoisotopic (exact) mass is 546 g/mol. The van der Waals surface area contributed by atoms with Crippen LogP contribution in [-0.4, -0.2) is 31.8 Å². The molecule has 0 spiro atoms. The van der Waals surface area contributed by atoms with Gasteiger partial charge in [0, 0.05) is 17.4 Å². The number of hydrogen-bond acceptors (Lipinski definition) is 5. The van der Waals surface area contributed by atoms with E-state index in [4.69, 9.17) is 14.2 Å². The van der Waals surface area contributed by atoms with Gasteiger partial charge in [-0.1, -0.05) is 106 Å². The number of rotatable bonds is 22. The van der Waals surface area contributed by atoms with Gasteiger partial charge < -0.3 is 14.2 Å². The summed E-state index contributed by atoms with van der Waals surface area (Å²) < 4.78 is 17.3. The molecule has 0 saturated carbocycles. The minimum Gasteiger partial charge on any atom is -0.493 e. The van der Waals surface area contributed by atoms with Crippen LogP contribution < -0.4 is 4.74 Å². The fourth-order valence-corrected chi connectivity index (χ4v) is 4.78. The third-order valence-corrected chi connectivity index (χ3v) is 7.54. The average molecular weight is 547 g/mol. The van der Waals surface area contributed by atoms with E-state index in [-0.39, 0.29) is 17.4 Å². The first-order chi connectivity index (χ1) is 18.6. The molecule has 0 bridgehead atoms. The Morgan fingerprint density at radius 2 is 1.26 bits per heavy atom. The second-order valence-corrected chi connectivity index (χ2v) is 12.3. The molecular formula is C34H58O5. The molecule has 224 valence electrons. The highest BCUT2D eigenvalue weighted by atomic mass is 16.5. The molecule has 0 heterocycles. The molecule has 0 fully saturated rings. The molecule has 0 N–H and O–H groups in total. The van der Waals surface area contributed by atoms with Crippen LogP contribution in [0.25, 0.3) is 0 Å². The quantitative estimate of drug-likeness (QED) is 0.107. The molecule has 0 aliphatic carbocycles. The summed E-state index contributed by atoms with van der Waals surface area (Å²) in [6.07, 6.45) is 13.3. The zero-order valence-electron chi connectivity index (χ0n) is 26.3. The number of unbranched alkanes of at least 4 members (excludes halogenated alkanes) is 7. The van der Waals surface area contributed by atoms with E-state index in [0.717, 1.165) is 62.7 Å². The Bertz CT molecular complexity index is 827. The predicted molar refractivity (Wildman–Crippen MR) is 162 cm³/mol. The van der Waals surface area contributed by atoms with Crippen molar-refractivity contribution in [2.45, 2.75) is 149 Å². The third-order valence-electron chi connectivity index (χ3n) is 7.54. The van der Waals surface area contributed by atoms with E-state index in [0.29, 0.717) is 32.7 Å². The maximum atomic E-state index is 12.6. The van der Waals surface area contributed by atoms with Crippen LogP contribution in [0.4, 0.5) is 0 Å². The molecule has 1 aromatic carbocycles. The number of esters is 2. The lowest BCUT2D eigenvalue weighted by atomic mass is 9.76. The van der Waals surface area contributed by atoms with Gasteiger partial charge in [0.1, 0.15) is 5.75 Å². The van der Waals surface area contributed by atoms with Gasteiger partial charge in [0.2, 0.25) is 0 Å². The van der Waals surface area contributed by atoms with E-state index in [2.05, 4.69) is 66.7 Å². The molecule has 1 rings (SSSR count). The molecule has 0 atom stereocenters. The Balaban J connectivity index is 2.84. The summed E-state index contributed by atoms with van der Waals surface area (Å²) >= 11 is 0. The number of benzene rings is 1. The van der Waals surface area contributed by atoms with Gasteiger partial charge in [0.25, 0.3) is 0 Å². The molecular weight excluding hydrogens is 488 g/mol. The third kappa shape index (κ3) is 14.2. The highest BCUT2D eigenvalue weighted by Crippen LogP contribution is 2.39. The largest absolute Gasteiger partial charge is 0.493 e. The highest BCUT2D eigenvalue weighted by Gasteiger charge is 2.30. The number of carbonyl (C=O) groups is 2. The van der Waals surface area contributed by atoms with Crippen molar-refractivity contribution in [3.63, 3.8) is 0 Å². The van der Waals surface area contributed by atoms with Crippen LogP contribution in [0.5, 0.6) is 5.75 Å². The van der Waals surface area contributed by atoms with Crippen molar-refractivity contribution in [2.24, 2.45) is 0 Å². The van der Waals surface area contributed by atoms with Gasteiger partial charge in [-0.2, -0.15) is 0 Å². The minimum atomic E-state index is -0.411. The summed E-state index contributed by atoms with van der Waals surface area (Å²) in [6, 6.07) is 6.43. The van der Waals surface area contributed by atoms with E-state index in [1.165, 1.54) is 31.2 Å². The lowest BCUT2D eigenvalue weighted by Crippen LogP contribution is -2.25. The fraction of sp³-hybridized carbons (Fsp3) is 0.765. The molecule has 5 heteroatoms. The van der Waals surface area contributed by atoms with Crippen molar-refractivity contribution in [3.8, 4) is 5.75 Å². The average Bonchev–Trinajstić information content (AvgIpc) is 2.88. The second kappa shape index (κ2) is 19.1. The first kappa shape index (κ1) is 35.0. The van der Waals surface area contributed by atoms with Crippen LogP contribution >= 0.6 is 0 Å². The van der Waals surface area contributed by atoms with Crippen LogP contribution in [0, 0.1) is 0 Å². The van der Waals surface area contributed by atoms with E-state index in [9.17, 15) is 9.59 Å². The summed E-state index contributed by atoms with van der Waals surface area (Å²) in [4.78, 5) is 24.8. The van der Waals surface area contributed by atoms with Gasteiger partial charge in [0.15, 0.2) is 0 Å². The Labute approximate surface area is 239 Å². The van der Waals surface area contributed by atoms with E-state index in [1.807, 2.05) is 0 Å². The van der Waals surface area contributed by atoms with Gasteiger partial charge in [0.05, 0.1) is 26.2 Å². The zero-order chi connectivity index (χ0) is 29.2. The van der Waals surface area contributed by atoms with Crippen molar-refractivity contribution in [2.75, 3.05) is 19.8 Å². The van der Waals surface area contributed by atoms with Crippen LogP contribution in [0.3, 0.4) is 0 Å². The summed E-state index contributed by atoms with van der Waals surface area (Å²) in [5.74, 6) is 0.596. The van der Waals surface area contributed by atoms with Crippen molar-refractivity contribution >= 4 is 11.9 Å². The van der Waals surface area contributed by atoms with Gasteiger partial charge in [-0.05, 0) is 49.1 Å². The minimum absolute atomic E-state index is 0.0970. The molecule has 0 aliphatic heterocycles. The Morgan fingerprint density at radius 1 is 0.667 bits per heavy atom. The normalized spacial score (nSPS) is 11.9. The van der Waals surface area contributed by atoms with E-state index in [1.54, 1.807) is 0 Å². The molecule has 39 heavy (non-hydrogen) atoms. The molecule has 0 aliphatic rings. The van der Waals surface area contributed by atoms with Crippen molar-refractivity contribution in [1.82, 2.24) is 0 Å². The summed E-state index contributed by atoms with van der Waals surface area (Å²) in [5.41, 5.74) is 1.68. The number of carbonyl (C=O) groups excluding carboxylic acids is 2. The highest BCUT2D eigenvalue weighted by molar-refractivity contribution is 5.71. The van der Waals surface area contributed by atoms with Crippen LogP contribution in [0.2, 0.25) is 0 Å². The fourth-order valence-electron chi connectivity index (χ4n) is 4.78. The van der Waals surface area contributed by atoms with Crippen LogP contribution in [0.15, 0.2) is 18.2 Å². The molecule has 0 amide bonds. The Morgan fingerprint density at radius 3 is 1.85 bits per heavy atom. The van der Waals surface area contributed by atoms with Gasteiger partial charge in [-0.25, -0.2) is 0 Å². The first-order valence-electron chi connectivity index (χ1n) is 15.7. The van der Waals surface area contributed by atoms with Gasteiger partial charge >= 0.3 is 11.9 Å². The van der Waals surface area contributed by atoms with Crippen LogP contribution in [-0.2, 0) is 29.9 Å². The lowest BCUT2D eigenvalue weighted by molar-refractivity contribution is -0.145. The zero-order valence-corrected chi connectivity index (χ0v) is 26.3. The van der Waals surface area contributed by atoms with Crippen molar-refractivity contribution in [1.29, 1.82) is 0 Å². The smallest absolute Gasteiger partial charge is 0.306 e. The standard InChI is InChI=1S/C34H58O5/c1-8-11-14-16-24-38-31(35)19-18-22-33(4,5)28-20-21-29(30(26-28)37-23-13-10-3)34(6,7)27-32(36)39-25-17-15-12-9-2/h20-21,26H,8-19,22-25,27H2,1-7H3.